The molecule has 43 nitrogen and oxygen atoms in total. The zero-order chi connectivity index (χ0) is 93.0. The van der Waals surface area contributed by atoms with Crippen molar-refractivity contribution >= 4 is 140 Å². The first kappa shape index (κ1) is 99.5. The number of fused-ring (bicyclic) bond motifs is 4. The van der Waals surface area contributed by atoms with E-state index in [9.17, 15) is 82.4 Å². The van der Waals surface area contributed by atoms with E-state index in [0.717, 1.165) is 36.3 Å². The molecule has 5 heterocycles. The highest BCUT2D eigenvalue weighted by atomic mass is 32.2. The third-order valence-corrected chi connectivity index (χ3v) is 23.7. The first-order chi connectivity index (χ1) is 60.5. The van der Waals surface area contributed by atoms with E-state index in [4.69, 9.17) is 28.3 Å². The molecular formula is C83H117N23O20S. The lowest BCUT2D eigenvalue weighted by Crippen LogP contribution is -2.62. The number of likely N-dealkylation sites (N-methyl/N-ethyl adjacent to an activating group) is 3. The zero-order valence-electron chi connectivity index (χ0n) is 71.7. The van der Waals surface area contributed by atoms with Crippen molar-refractivity contribution in [3.05, 3.63) is 102 Å². The van der Waals surface area contributed by atoms with Crippen molar-refractivity contribution in [1.29, 1.82) is 5.41 Å². The average molecular weight is 1790 g/mol. The molecule has 5 aromatic rings. The number of aromatic amines is 2. The number of para-hydroxylation sites is 2. The second-order valence-electron chi connectivity index (χ2n) is 31.6. The summed E-state index contributed by atoms with van der Waals surface area (Å²) in [4.78, 5) is 257. The molecule has 3 saturated heterocycles. The van der Waals surface area contributed by atoms with Crippen LogP contribution in [0, 0.1) is 5.41 Å². The summed E-state index contributed by atoms with van der Waals surface area (Å²) in [5.41, 5.74) is 25.7. The molecule has 3 aliphatic heterocycles. The molecule has 127 heavy (non-hydrogen) atoms. The number of amides is 17. The van der Waals surface area contributed by atoms with Gasteiger partial charge in [0.15, 0.2) is 5.96 Å². The molecule has 3 fully saturated rings. The number of hydrogen-bond donors (Lipinski definition) is 21. The fourth-order valence-corrected chi connectivity index (χ4v) is 16.1. The molecule has 3 aromatic carbocycles. The molecule has 8 rings (SSSR count). The van der Waals surface area contributed by atoms with Gasteiger partial charge in [-0.3, -0.25) is 86.9 Å². The van der Waals surface area contributed by atoms with Crippen LogP contribution in [0.15, 0.2) is 85.2 Å². The molecule has 0 radical (unpaired) electrons. The maximum atomic E-state index is 15.2. The Morgan fingerprint density at radius 3 is 1.58 bits per heavy atom. The van der Waals surface area contributed by atoms with Crippen LogP contribution in [-0.4, -0.2) is 319 Å². The molecule has 0 spiro atoms. The number of carbonyl (C=O) groups excluding carboxylic acids is 17. The Hall–Kier alpha value is -13.0. The van der Waals surface area contributed by atoms with E-state index in [-0.39, 0.29) is 96.0 Å². The number of benzene rings is 3. The molecule has 2 aromatic heterocycles. The number of phenolic OH excluding ortho intramolecular Hbond substituents is 1. The predicted molar refractivity (Wildman–Crippen MR) is 464 cm³/mol. The lowest BCUT2D eigenvalue weighted by molar-refractivity contribution is -0.148. The number of nitrogens with zero attached hydrogens (tertiary/aromatic N) is 5. The minimum atomic E-state index is -1.85. The van der Waals surface area contributed by atoms with E-state index in [1.807, 2.05) is 0 Å². The smallest absolute Gasteiger partial charge is 0.246 e. The number of aliphatic hydroxyl groups is 2. The van der Waals surface area contributed by atoms with Gasteiger partial charge in [-0.1, -0.05) is 68.3 Å². The fourth-order valence-electron chi connectivity index (χ4n) is 15.3. The number of phenols is 1. The summed E-state index contributed by atoms with van der Waals surface area (Å²) in [5, 5.41) is 68.6. The molecule has 17 amide bonds. The van der Waals surface area contributed by atoms with Crippen LogP contribution in [-0.2, 0) is 101 Å². The summed E-state index contributed by atoms with van der Waals surface area (Å²) in [6.45, 7) is 1.06. The second-order valence-corrected chi connectivity index (χ2v) is 32.7. The maximum absolute atomic E-state index is 15.2. The van der Waals surface area contributed by atoms with Crippen LogP contribution >= 0.6 is 11.8 Å². The minimum Gasteiger partial charge on any atom is -0.508 e. The Morgan fingerprint density at radius 2 is 1.02 bits per heavy atom. The normalized spacial score (nSPS) is 24.9. The highest BCUT2D eigenvalue weighted by molar-refractivity contribution is 8.00. The molecule has 44 heteroatoms. The third kappa shape index (κ3) is 27.3. The number of nitrogens with one attached hydrogen (secondary N) is 14. The van der Waals surface area contributed by atoms with E-state index in [2.05, 4.69) is 68.5 Å². The summed E-state index contributed by atoms with van der Waals surface area (Å²) in [6.07, 6.45) is 1.98. The number of aromatic nitrogens is 2. The lowest BCUT2D eigenvalue weighted by atomic mass is 10.0. The van der Waals surface area contributed by atoms with Gasteiger partial charge >= 0.3 is 0 Å². The standard InChI is InChI=1S/C83H117N23O20S/c1-7-8-21-63-75(119)98-59(36-66(85)110)82(126)106-31-15-23-65(106)77(121)100-61(41-108)74(118)95-55(28-32-107)81(125)105-30-14-22-64(105)76(120)96-56(34-47-38-90-52-18-11-9-16-50(47)52)72(116)99-60(37-84)73(117)97-58(35-48-39-91-53-19-12-10-17-51(48)53)79(123)103(5)45(3)78(122)102(4)44(2)69(113)94-54(20-13-29-89-83(87)88)71(115)101-62(70(114)92-40-67(86)111)42-127-43-68(112)93-57(80(124)104(63)6)33-46-24-26-49(109)27-25-46/h9-12,16-19,24-27,38-39,44-45,54-65,90-91,107-109H,7-8,13-15,20-23,28-37,40-43,84H2,1-6H3,(H2,85,110)(H2,86,111)(H,92,114)(H,93,112)(H,94,113)(H,95,118)(H,96,120)(H,97,117)(H,98,119)(H,99,116)(H,100,121)(H,101,115)(H4,87,88,89)/t44-,45-,54-,55-,56-,57-,58-,59+,60-,61-,62-,63-,64-,65-/m0/s1. The molecule has 25 N–H and O–H groups in total. The summed E-state index contributed by atoms with van der Waals surface area (Å²) in [5.74, 6) is -17.9. The van der Waals surface area contributed by atoms with Crippen LogP contribution in [0.3, 0.4) is 0 Å². The Morgan fingerprint density at radius 1 is 0.512 bits per heavy atom. The molecule has 690 valence electrons. The first-order valence-corrected chi connectivity index (χ1v) is 43.1. The van der Waals surface area contributed by atoms with Crippen molar-refractivity contribution in [2.75, 3.05) is 78.6 Å². The fraction of sp³-hybridized carbons (Fsp3) is 0.518. The quantitative estimate of drug-likeness (QED) is 0.0174. The number of hydrogen-bond acceptors (Lipinski definition) is 23. The highest BCUT2D eigenvalue weighted by Gasteiger charge is 2.45. The zero-order valence-corrected chi connectivity index (χ0v) is 72.5. The third-order valence-electron chi connectivity index (χ3n) is 22.6. The van der Waals surface area contributed by atoms with Gasteiger partial charge in [-0.25, -0.2) is 0 Å². The Balaban J connectivity index is 1.15. The summed E-state index contributed by atoms with van der Waals surface area (Å²) in [6, 6.07) is -2.13. The van der Waals surface area contributed by atoms with Crippen molar-refractivity contribution in [2.24, 2.45) is 22.9 Å². The van der Waals surface area contributed by atoms with Crippen molar-refractivity contribution in [3.8, 4) is 5.75 Å². The Bertz CT molecular complexity index is 4820. The Labute approximate surface area is 736 Å². The van der Waals surface area contributed by atoms with Gasteiger partial charge in [0.1, 0.15) is 90.3 Å². The molecule has 3 aliphatic rings. The van der Waals surface area contributed by atoms with Crippen molar-refractivity contribution < 1.29 is 96.8 Å². The first-order valence-electron chi connectivity index (χ1n) is 41.9. The maximum Gasteiger partial charge on any atom is 0.246 e. The molecular weight excluding hydrogens is 1670 g/mol. The number of carbonyl (C=O) groups is 17. The SMILES string of the molecule is CCCC[C@H]1C(=O)N[C@H](CC(N)=O)C(=O)N2CCC[C@H]2C(=O)N[C@@H](CO)C(=O)N[C@@H](CCO)C(=O)N2CCC[C@H]2C(=O)N[C@@H](Cc2c[nH]c3ccccc23)C(=O)N[C@@H](CN)C(=O)N[C@@H](Cc2c[nH]c3ccccc23)C(=O)N(C)[C@@H](C)C(=O)N(C)[C@@H](C)C(=O)N[C@@H](CCCNC(=N)N)C(=O)N[C@H](C(=O)NCC(N)=O)CSCC(=O)N[C@@H](Cc2ccc(O)cc2)C(=O)N1C. The van der Waals surface area contributed by atoms with Crippen LogP contribution in [0.25, 0.3) is 21.8 Å². The lowest BCUT2D eigenvalue weighted by Gasteiger charge is -2.34. The number of nitrogens with two attached hydrogens (primary N) is 4. The van der Waals surface area contributed by atoms with E-state index < -0.39 is 242 Å². The number of thioether (sulfide) groups is 1. The van der Waals surface area contributed by atoms with Crippen LogP contribution in [0.5, 0.6) is 5.75 Å². The van der Waals surface area contributed by atoms with Crippen LogP contribution in [0.1, 0.15) is 108 Å². The van der Waals surface area contributed by atoms with Gasteiger partial charge in [0.25, 0.3) is 0 Å². The molecule has 0 saturated carbocycles. The molecule has 0 bridgehead atoms. The summed E-state index contributed by atoms with van der Waals surface area (Å²) in [7, 11) is 3.78. The largest absolute Gasteiger partial charge is 0.508 e. The number of unbranched alkanes of at least 4 members (excludes halogenated alkanes) is 1. The van der Waals surface area contributed by atoms with Gasteiger partial charge in [-0.2, -0.15) is 0 Å². The monoisotopic (exact) mass is 1790 g/mol. The number of rotatable bonds is 22. The van der Waals surface area contributed by atoms with Crippen LogP contribution < -0.4 is 81.4 Å². The van der Waals surface area contributed by atoms with Crippen LogP contribution in [0.4, 0.5) is 0 Å². The number of H-pyrrole nitrogens is 2. The minimum absolute atomic E-state index is 0.00808. The number of primary amides is 2. The molecule has 14 atom stereocenters. The van der Waals surface area contributed by atoms with E-state index in [1.54, 1.807) is 67.8 Å². The van der Waals surface area contributed by atoms with Gasteiger partial charge in [-0.15, -0.1) is 11.8 Å². The number of aromatic hydroxyl groups is 1. The summed E-state index contributed by atoms with van der Waals surface area (Å²) < 4.78 is 0. The van der Waals surface area contributed by atoms with Gasteiger partial charge in [0.05, 0.1) is 25.3 Å². The Kier molecular flexibility index (Phi) is 37.1. The number of guanidine groups is 1. The van der Waals surface area contributed by atoms with E-state index in [1.165, 1.54) is 59.3 Å². The average Bonchev–Trinajstić information content (AvgIpc) is 1.81. The highest BCUT2D eigenvalue weighted by Crippen LogP contribution is 2.27. The number of aliphatic hydroxyl groups excluding tert-OH is 2. The molecule has 0 aliphatic carbocycles. The van der Waals surface area contributed by atoms with Gasteiger partial charge in [-0.05, 0) is 106 Å². The van der Waals surface area contributed by atoms with Crippen molar-refractivity contribution in [1.82, 2.24) is 93.0 Å². The van der Waals surface area contributed by atoms with Gasteiger partial charge in [0.2, 0.25) is 100 Å². The predicted octanol–water partition coefficient (Wildman–Crippen LogP) is -5.74. The van der Waals surface area contributed by atoms with Crippen LogP contribution in [0.2, 0.25) is 0 Å². The van der Waals surface area contributed by atoms with Gasteiger partial charge in [0, 0.05) is 113 Å². The molecule has 0 unspecified atom stereocenters. The topological polar surface area (TPSA) is 659 Å². The van der Waals surface area contributed by atoms with Gasteiger partial charge < -0.3 is 131 Å². The van der Waals surface area contributed by atoms with Crippen molar-refractivity contribution in [2.45, 2.75) is 195 Å². The van der Waals surface area contributed by atoms with E-state index in [0.29, 0.717) is 44.9 Å². The summed E-state index contributed by atoms with van der Waals surface area (Å²) >= 11 is 0.753. The second kappa shape index (κ2) is 47.4. The van der Waals surface area contributed by atoms with Crippen molar-refractivity contribution in [3.63, 3.8) is 0 Å². The van der Waals surface area contributed by atoms with E-state index >= 15 is 14.4 Å².